The molecule has 0 spiro atoms. The number of pyridine rings is 3. The van der Waals surface area contributed by atoms with Crippen LogP contribution >= 0.6 is 0 Å². The summed E-state index contributed by atoms with van der Waals surface area (Å²) in [5.74, 6) is 0.838. The van der Waals surface area contributed by atoms with Gasteiger partial charge in [-0.05, 0) is 36.8 Å². The van der Waals surface area contributed by atoms with Crippen LogP contribution in [-0.2, 0) is 4.74 Å². The minimum Gasteiger partial charge on any atom is -0.398 e. The maximum atomic E-state index is 9.63. The van der Waals surface area contributed by atoms with Crippen LogP contribution in [0.15, 0.2) is 48.7 Å². The molecule has 1 atom stereocenters. The third kappa shape index (κ3) is 3.38. The van der Waals surface area contributed by atoms with Gasteiger partial charge < -0.3 is 15.4 Å². The van der Waals surface area contributed by atoms with Gasteiger partial charge in [0.05, 0.1) is 28.9 Å². The molecule has 7 heteroatoms. The van der Waals surface area contributed by atoms with Crippen molar-refractivity contribution in [1.82, 2.24) is 15.0 Å². The van der Waals surface area contributed by atoms with E-state index in [0.29, 0.717) is 34.0 Å². The highest BCUT2D eigenvalue weighted by Gasteiger charge is 2.24. The minimum atomic E-state index is 0.210. The molecule has 28 heavy (non-hydrogen) atoms. The molecular weight excluding hydrogens is 352 g/mol. The smallest absolute Gasteiger partial charge is 0.129 e. The second-order valence-corrected chi connectivity index (χ2v) is 6.62. The Morgan fingerprint density at radius 2 is 2.00 bits per heavy atom. The highest BCUT2D eigenvalue weighted by molar-refractivity contribution is 5.76. The Morgan fingerprint density at radius 3 is 2.71 bits per heavy atom. The van der Waals surface area contributed by atoms with E-state index < -0.39 is 0 Å². The van der Waals surface area contributed by atoms with E-state index in [1.165, 1.54) is 0 Å². The first-order valence-electron chi connectivity index (χ1n) is 9.07. The van der Waals surface area contributed by atoms with Gasteiger partial charge in [-0.15, -0.1) is 0 Å². The molecule has 0 amide bonds. The fourth-order valence-corrected chi connectivity index (χ4v) is 3.37. The molecule has 0 aliphatic carbocycles. The van der Waals surface area contributed by atoms with Gasteiger partial charge in [0.25, 0.3) is 0 Å². The van der Waals surface area contributed by atoms with Gasteiger partial charge in [0.2, 0.25) is 0 Å². The van der Waals surface area contributed by atoms with Crippen LogP contribution in [0.3, 0.4) is 0 Å². The van der Waals surface area contributed by atoms with E-state index in [1.54, 1.807) is 19.4 Å². The van der Waals surface area contributed by atoms with Gasteiger partial charge in [-0.3, -0.25) is 4.98 Å². The Kier molecular flexibility index (Phi) is 4.87. The number of anilines is 2. The van der Waals surface area contributed by atoms with E-state index in [2.05, 4.69) is 20.9 Å². The number of methoxy groups -OCH3 is 1. The standard InChI is InChI=1S/C21H20N6O/c1-28-14-8-10-27(13-14)20-7-4-6-18(25-20)21-15(12-22)16(23)11-19(26-21)17-5-2-3-9-24-17/h2-7,9,11,14H,8,10,13H2,1H3,(H2,23,26)/t14-/m0/s1. The number of nitrogens with zero attached hydrogens (tertiary/aromatic N) is 5. The molecule has 0 unspecified atom stereocenters. The first-order chi connectivity index (χ1) is 13.7. The topological polar surface area (TPSA) is 101 Å². The van der Waals surface area contributed by atoms with Crippen LogP contribution in [-0.4, -0.2) is 41.3 Å². The second-order valence-electron chi connectivity index (χ2n) is 6.62. The summed E-state index contributed by atoms with van der Waals surface area (Å²) in [6.07, 6.45) is 2.87. The predicted octanol–water partition coefficient (Wildman–Crippen LogP) is 2.88. The number of aromatic nitrogens is 3. The molecule has 0 radical (unpaired) electrons. The van der Waals surface area contributed by atoms with Gasteiger partial charge in [-0.2, -0.15) is 5.26 Å². The maximum Gasteiger partial charge on any atom is 0.129 e. The number of hydrogen-bond acceptors (Lipinski definition) is 7. The Bertz CT molecular complexity index is 1030. The Balaban J connectivity index is 1.77. The van der Waals surface area contributed by atoms with E-state index in [1.807, 2.05) is 36.4 Å². The Hall–Kier alpha value is -3.50. The minimum absolute atomic E-state index is 0.210. The van der Waals surface area contributed by atoms with Crippen LogP contribution < -0.4 is 10.6 Å². The molecule has 140 valence electrons. The van der Waals surface area contributed by atoms with Crippen LogP contribution in [0.2, 0.25) is 0 Å². The summed E-state index contributed by atoms with van der Waals surface area (Å²) in [5, 5.41) is 9.63. The van der Waals surface area contributed by atoms with Gasteiger partial charge in [-0.25, -0.2) is 9.97 Å². The molecule has 1 aliphatic heterocycles. The molecule has 0 bridgehead atoms. The first kappa shape index (κ1) is 17.9. The Morgan fingerprint density at radius 1 is 1.14 bits per heavy atom. The summed E-state index contributed by atoms with van der Waals surface area (Å²) in [5.41, 5.74) is 9.22. The van der Waals surface area contributed by atoms with Gasteiger partial charge in [-0.1, -0.05) is 12.1 Å². The number of hydrogen-bond donors (Lipinski definition) is 1. The van der Waals surface area contributed by atoms with E-state index in [0.717, 1.165) is 25.3 Å². The third-order valence-corrected chi connectivity index (χ3v) is 4.87. The molecule has 2 N–H and O–H groups in total. The normalized spacial score (nSPS) is 16.1. The van der Waals surface area contributed by atoms with Crippen molar-refractivity contribution in [3.8, 4) is 28.8 Å². The van der Waals surface area contributed by atoms with Gasteiger partial charge >= 0.3 is 0 Å². The SMILES string of the molecule is CO[C@H]1CCN(c2cccc(-c3nc(-c4ccccn4)cc(N)c3C#N)n2)C1. The van der Waals surface area contributed by atoms with Crippen molar-refractivity contribution in [1.29, 1.82) is 5.26 Å². The maximum absolute atomic E-state index is 9.63. The van der Waals surface area contributed by atoms with Crippen LogP contribution in [0.5, 0.6) is 0 Å². The quantitative estimate of drug-likeness (QED) is 0.751. The highest BCUT2D eigenvalue weighted by Crippen LogP contribution is 2.30. The molecule has 0 saturated carbocycles. The average Bonchev–Trinajstić information content (AvgIpc) is 3.23. The fourth-order valence-electron chi connectivity index (χ4n) is 3.37. The van der Waals surface area contributed by atoms with Crippen molar-refractivity contribution in [2.45, 2.75) is 12.5 Å². The van der Waals surface area contributed by atoms with Crippen LogP contribution in [0.1, 0.15) is 12.0 Å². The molecule has 1 saturated heterocycles. The van der Waals surface area contributed by atoms with E-state index in [-0.39, 0.29) is 6.10 Å². The largest absolute Gasteiger partial charge is 0.398 e. The van der Waals surface area contributed by atoms with Crippen LogP contribution in [0.4, 0.5) is 11.5 Å². The van der Waals surface area contributed by atoms with E-state index in [4.69, 9.17) is 15.5 Å². The van der Waals surface area contributed by atoms with Gasteiger partial charge in [0, 0.05) is 26.4 Å². The lowest BCUT2D eigenvalue weighted by Gasteiger charge is -2.18. The number of nitrogen functional groups attached to an aromatic ring is 1. The zero-order chi connectivity index (χ0) is 19.5. The molecule has 1 aliphatic rings. The summed E-state index contributed by atoms with van der Waals surface area (Å²) >= 11 is 0. The van der Waals surface area contributed by atoms with Crippen molar-refractivity contribution in [3.63, 3.8) is 0 Å². The van der Waals surface area contributed by atoms with E-state index >= 15 is 0 Å². The van der Waals surface area contributed by atoms with Crippen molar-refractivity contribution in [2.24, 2.45) is 0 Å². The van der Waals surface area contributed by atoms with Gasteiger partial charge in [0.1, 0.15) is 23.1 Å². The zero-order valence-corrected chi connectivity index (χ0v) is 15.5. The summed E-state index contributed by atoms with van der Waals surface area (Å²) in [4.78, 5) is 15.9. The predicted molar refractivity (Wildman–Crippen MR) is 107 cm³/mol. The molecule has 3 aromatic heterocycles. The van der Waals surface area contributed by atoms with Crippen molar-refractivity contribution in [3.05, 3.63) is 54.2 Å². The van der Waals surface area contributed by atoms with Crippen molar-refractivity contribution >= 4 is 11.5 Å². The second kappa shape index (κ2) is 7.62. The molecule has 1 fully saturated rings. The zero-order valence-electron chi connectivity index (χ0n) is 15.5. The van der Waals surface area contributed by atoms with Crippen molar-refractivity contribution < 1.29 is 4.74 Å². The fraction of sp³-hybridized carbons (Fsp3) is 0.238. The molecular formula is C21H20N6O. The van der Waals surface area contributed by atoms with E-state index in [9.17, 15) is 5.26 Å². The molecule has 0 aromatic carbocycles. The number of ether oxygens (including phenoxy) is 1. The molecule has 7 nitrogen and oxygen atoms in total. The lowest BCUT2D eigenvalue weighted by Crippen LogP contribution is -2.23. The highest BCUT2D eigenvalue weighted by atomic mass is 16.5. The van der Waals surface area contributed by atoms with Crippen LogP contribution in [0.25, 0.3) is 22.8 Å². The molecule has 4 heterocycles. The third-order valence-electron chi connectivity index (χ3n) is 4.87. The monoisotopic (exact) mass is 372 g/mol. The summed E-state index contributed by atoms with van der Waals surface area (Å²) in [6, 6.07) is 15.1. The number of nitrogens with two attached hydrogens (primary N) is 1. The number of nitriles is 1. The molecule has 4 rings (SSSR count). The first-order valence-corrected chi connectivity index (χ1v) is 9.07. The summed E-state index contributed by atoms with van der Waals surface area (Å²) < 4.78 is 5.45. The summed E-state index contributed by atoms with van der Waals surface area (Å²) in [6.45, 7) is 1.67. The van der Waals surface area contributed by atoms with Crippen molar-refractivity contribution in [2.75, 3.05) is 30.8 Å². The Labute approximate surface area is 163 Å². The van der Waals surface area contributed by atoms with Gasteiger partial charge in [0.15, 0.2) is 0 Å². The molecule has 3 aromatic rings. The number of rotatable bonds is 4. The summed E-state index contributed by atoms with van der Waals surface area (Å²) in [7, 11) is 1.73. The lowest BCUT2D eigenvalue weighted by atomic mass is 10.1. The van der Waals surface area contributed by atoms with Crippen LogP contribution in [0, 0.1) is 11.3 Å². The average molecular weight is 372 g/mol. The lowest BCUT2D eigenvalue weighted by molar-refractivity contribution is 0.121.